The van der Waals surface area contributed by atoms with Gasteiger partial charge in [-0.05, 0) is 67.8 Å². The van der Waals surface area contributed by atoms with E-state index in [-0.39, 0.29) is 47.0 Å². The molecular weight excluding hydrogens is 819 g/mol. The van der Waals surface area contributed by atoms with Gasteiger partial charge < -0.3 is 45.3 Å². The SMILES string of the molecule is CN(CC(O)CO)C(=O)c1c(I)c(C(=O)N(C)CC(O)CO)c(I)c(C(=O)N(C)CC(O)CO)c1I. The second-order valence-electron chi connectivity index (χ2n) is 8.13. The van der Waals surface area contributed by atoms with Crippen molar-refractivity contribution in [3.8, 4) is 0 Å². The maximum absolute atomic E-state index is 13.4. The van der Waals surface area contributed by atoms with Crippen LogP contribution in [-0.2, 0) is 0 Å². The Bertz CT molecular complexity index is 826. The van der Waals surface area contributed by atoms with Gasteiger partial charge in [0, 0.05) is 51.5 Å². The number of amides is 3. The quantitative estimate of drug-likeness (QED) is 0.141. The van der Waals surface area contributed by atoms with E-state index in [1.54, 1.807) is 0 Å². The van der Waals surface area contributed by atoms with E-state index in [9.17, 15) is 29.7 Å². The predicted molar refractivity (Wildman–Crippen MR) is 155 cm³/mol. The Morgan fingerprint density at radius 3 is 0.944 bits per heavy atom. The summed E-state index contributed by atoms with van der Waals surface area (Å²) in [7, 11) is 4.21. The largest absolute Gasteiger partial charge is 0.394 e. The molecule has 3 atom stereocenters. The van der Waals surface area contributed by atoms with Gasteiger partial charge in [-0.25, -0.2) is 0 Å². The number of aliphatic hydroxyl groups is 6. The highest BCUT2D eigenvalue weighted by molar-refractivity contribution is 14.1. The molecular formula is C21H30I3N3O9. The number of carbonyl (C=O) groups is 3. The second kappa shape index (κ2) is 15.2. The van der Waals surface area contributed by atoms with Crippen molar-refractivity contribution in [2.75, 3.05) is 60.6 Å². The van der Waals surface area contributed by atoms with Crippen molar-refractivity contribution in [3.63, 3.8) is 0 Å². The summed E-state index contributed by atoms with van der Waals surface area (Å²) < 4.78 is 0.713. The lowest BCUT2D eigenvalue weighted by Crippen LogP contribution is -2.40. The van der Waals surface area contributed by atoms with Crippen LogP contribution >= 0.6 is 67.8 Å². The van der Waals surface area contributed by atoms with Crippen LogP contribution in [0, 0.1) is 10.7 Å². The standard InChI is InChI=1S/C21H30I3N3O9/c1-25(4-10(31)7-28)19(34)13-16(22)14(20(35)26(2)5-11(32)8-29)18(24)15(17(13)23)21(36)27(3)6-12(33)9-30/h10-12,28-33H,4-9H2,1-3H3. The molecule has 204 valence electrons. The maximum Gasteiger partial charge on any atom is 0.255 e. The lowest BCUT2D eigenvalue weighted by molar-refractivity contribution is 0.0509. The van der Waals surface area contributed by atoms with E-state index in [0.717, 1.165) is 14.7 Å². The molecule has 0 aliphatic carbocycles. The van der Waals surface area contributed by atoms with Crippen molar-refractivity contribution in [1.29, 1.82) is 0 Å². The molecule has 0 aromatic heterocycles. The summed E-state index contributed by atoms with van der Waals surface area (Å²) in [5.41, 5.74) is 0.0921. The van der Waals surface area contributed by atoms with Crippen molar-refractivity contribution in [3.05, 3.63) is 27.4 Å². The molecule has 3 amide bonds. The maximum atomic E-state index is 13.4. The Balaban J connectivity index is 3.79. The van der Waals surface area contributed by atoms with Crippen molar-refractivity contribution in [1.82, 2.24) is 14.7 Å². The molecule has 0 aliphatic heterocycles. The molecule has 0 bridgehead atoms. The lowest BCUT2D eigenvalue weighted by atomic mass is 10.0. The molecule has 0 saturated heterocycles. The Kier molecular flexibility index (Phi) is 14.2. The predicted octanol–water partition coefficient (Wildman–Crippen LogP) is -1.22. The van der Waals surface area contributed by atoms with E-state index in [1.807, 2.05) is 67.8 Å². The fourth-order valence-electron chi connectivity index (χ4n) is 3.17. The van der Waals surface area contributed by atoms with Crippen molar-refractivity contribution in [2.24, 2.45) is 0 Å². The first-order valence-electron chi connectivity index (χ1n) is 10.6. The van der Waals surface area contributed by atoms with Gasteiger partial charge in [-0.1, -0.05) is 0 Å². The zero-order valence-electron chi connectivity index (χ0n) is 19.9. The first-order chi connectivity index (χ1) is 16.7. The van der Waals surface area contributed by atoms with E-state index >= 15 is 0 Å². The van der Waals surface area contributed by atoms with Crippen LogP contribution in [0.5, 0.6) is 0 Å². The van der Waals surface area contributed by atoms with Gasteiger partial charge >= 0.3 is 0 Å². The third kappa shape index (κ3) is 8.29. The van der Waals surface area contributed by atoms with Crippen LogP contribution in [0.4, 0.5) is 0 Å². The van der Waals surface area contributed by atoms with Gasteiger partial charge in [-0.15, -0.1) is 0 Å². The van der Waals surface area contributed by atoms with E-state index in [4.69, 9.17) is 15.3 Å². The number of rotatable bonds is 12. The minimum atomic E-state index is -1.20. The van der Waals surface area contributed by atoms with Crippen LogP contribution in [0.3, 0.4) is 0 Å². The molecule has 0 radical (unpaired) electrons. The summed E-state index contributed by atoms with van der Waals surface area (Å²) in [5, 5.41) is 56.8. The van der Waals surface area contributed by atoms with Crippen LogP contribution in [0.15, 0.2) is 0 Å². The minimum absolute atomic E-state index is 0.0307. The zero-order chi connectivity index (χ0) is 27.9. The number of hydrogen-bond donors (Lipinski definition) is 6. The fraction of sp³-hybridized carbons (Fsp3) is 0.571. The number of likely N-dealkylation sites (N-methyl/N-ethyl adjacent to an activating group) is 3. The number of halogens is 3. The van der Waals surface area contributed by atoms with Gasteiger partial charge in [-0.3, -0.25) is 14.4 Å². The van der Waals surface area contributed by atoms with Crippen LogP contribution in [0.25, 0.3) is 0 Å². The lowest BCUT2D eigenvalue weighted by Gasteiger charge is -2.27. The van der Waals surface area contributed by atoms with Crippen LogP contribution in [0.2, 0.25) is 0 Å². The van der Waals surface area contributed by atoms with E-state index in [1.165, 1.54) is 21.1 Å². The average Bonchev–Trinajstić information content (AvgIpc) is 2.82. The Morgan fingerprint density at radius 1 is 0.583 bits per heavy atom. The first-order valence-corrected chi connectivity index (χ1v) is 13.8. The molecule has 15 heteroatoms. The molecule has 0 fully saturated rings. The molecule has 0 heterocycles. The van der Waals surface area contributed by atoms with Crippen LogP contribution < -0.4 is 0 Å². The molecule has 1 aromatic rings. The molecule has 36 heavy (non-hydrogen) atoms. The second-order valence-corrected chi connectivity index (χ2v) is 11.4. The van der Waals surface area contributed by atoms with Gasteiger partial charge in [0.25, 0.3) is 17.7 Å². The number of carbonyl (C=O) groups excluding carboxylic acids is 3. The topological polar surface area (TPSA) is 182 Å². The van der Waals surface area contributed by atoms with E-state index in [0.29, 0.717) is 0 Å². The van der Waals surface area contributed by atoms with Gasteiger partial charge in [0.05, 0.1) is 54.8 Å². The molecule has 1 rings (SSSR count). The Morgan fingerprint density at radius 2 is 0.778 bits per heavy atom. The summed E-state index contributed by atoms with van der Waals surface area (Å²) >= 11 is 5.50. The fourth-order valence-corrected chi connectivity index (χ4v) is 7.72. The Hall–Kier alpha value is -0.420. The Labute approximate surface area is 249 Å². The normalized spacial score (nSPS) is 13.7. The number of aliphatic hydroxyl groups excluding tert-OH is 6. The molecule has 1 aromatic carbocycles. The monoisotopic (exact) mass is 849 g/mol. The number of benzene rings is 1. The van der Waals surface area contributed by atoms with Crippen LogP contribution in [-0.4, -0.2) is 142 Å². The first kappa shape index (κ1) is 33.6. The summed E-state index contributed by atoms with van der Waals surface area (Å²) in [4.78, 5) is 43.7. The summed E-state index contributed by atoms with van der Waals surface area (Å²) in [5.74, 6) is -1.81. The van der Waals surface area contributed by atoms with Gasteiger partial charge in [0.15, 0.2) is 0 Å². The van der Waals surface area contributed by atoms with Gasteiger partial charge in [0.2, 0.25) is 0 Å². The average molecular weight is 849 g/mol. The highest BCUT2D eigenvalue weighted by Gasteiger charge is 2.34. The van der Waals surface area contributed by atoms with Gasteiger partial charge in [-0.2, -0.15) is 0 Å². The third-order valence-corrected chi connectivity index (χ3v) is 8.32. The molecule has 3 unspecified atom stereocenters. The zero-order valence-corrected chi connectivity index (χ0v) is 26.3. The van der Waals surface area contributed by atoms with Crippen molar-refractivity contribution < 1.29 is 45.0 Å². The smallest absolute Gasteiger partial charge is 0.255 e. The summed E-state index contributed by atoms with van der Waals surface area (Å²) in [6.45, 7) is -2.31. The summed E-state index contributed by atoms with van der Waals surface area (Å²) in [6, 6.07) is 0. The molecule has 0 saturated carbocycles. The van der Waals surface area contributed by atoms with E-state index in [2.05, 4.69) is 0 Å². The third-order valence-electron chi connectivity index (χ3n) is 5.08. The summed E-state index contributed by atoms with van der Waals surface area (Å²) in [6.07, 6.45) is -3.59. The van der Waals surface area contributed by atoms with Crippen LogP contribution in [0.1, 0.15) is 31.1 Å². The van der Waals surface area contributed by atoms with Gasteiger partial charge in [0.1, 0.15) is 0 Å². The number of hydrogen-bond acceptors (Lipinski definition) is 9. The highest BCUT2D eigenvalue weighted by Crippen LogP contribution is 2.34. The minimum Gasteiger partial charge on any atom is -0.394 e. The van der Waals surface area contributed by atoms with Crippen molar-refractivity contribution in [2.45, 2.75) is 18.3 Å². The molecule has 0 aliphatic rings. The molecule has 12 nitrogen and oxygen atoms in total. The van der Waals surface area contributed by atoms with Crippen molar-refractivity contribution >= 4 is 85.5 Å². The number of nitrogens with zero attached hydrogens (tertiary/aromatic N) is 3. The highest BCUT2D eigenvalue weighted by atomic mass is 127. The molecule has 0 spiro atoms. The molecule has 6 N–H and O–H groups in total. The van der Waals surface area contributed by atoms with E-state index < -0.39 is 55.9 Å².